The molecule has 4 rings (SSSR count). The molecule has 2 heterocycles. The summed E-state index contributed by atoms with van der Waals surface area (Å²) in [5.41, 5.74) is 2.71. The number of nitrogens with one attached hydrogen (secondary N) is 2. The van der Waals surface area contributed by atoms with E-state index >= 15 is 0 Å². The zero-order chi connectivity index (χ0) is 25.2. The molecule has 186 valence electrons. The Morgan fingerprint density at radius 3 is 2.46 bits per heavy atom. The number of carbonyl (C=O) groups is 1. The molecule has 11 heteroatoms. The van der Waals surface area contributed by atoms with Crippen molar-refractivity contribution < 1.29 is 21.6 Å². The molecule has 1 saturated heterocycles. The third-order valence-corrected chi connectivity index (χ3v) is 10.5. The molecular weight excluding hydrogens is 506 g/mol. The molecular formula is C24H27N3O5S3. The fourth-order valence-electron chi connectivity index (χ4n) is 3.92. The molecule has 2 N–H and O–H groups in total. The quantitative estimate of drug-likeness (QED) is 0.473. The molecule has 1 aliphatic rings. The summed E-state index contributed by atoms with van der Waals surface area (Å²) in [6.07, 6.45) is 1.17. The largest absolute Gasteiger partial charge is 0.326 e. The Labute approximate surface area is 210 Å². The van der Waals surface area contributed by atoms with Gasteiger partial charge in [0, 0.05) is 18.8 Å². The molecule has 1 aromatic heterocycles. The van der Waals surface area contributed by atoms with E-state index in [4.69, 9.17) is 0 Å². The summed E-state index contributed by atoms with van der Waals surface area (Å²) < 4.78 is 55.5. The van der Waals surface area contributed by atoms with E-state index in [2.05, 4.69) is 10.0 Å². The molecule has 8 nitrogen and oxygen atoms in total. The van der Waals surface area contributed by atoms with Crippen molar-refractivity contribution in [3.63, 3.8) is 0 Å². The fraction of sp³-hybridized carbons (Fsp3) is 0.292. The van der Waals surface area contributed by atoms with Crippen molar-refractivity contribution in [2.75, 3.05) is 23.1 Å². The molecule has 0 aliphatic carbocycles. The molecule has 0 radical (unpaired) electrons. The number of piperidine rings is 1. The van der Waals surface area contributed by atoms with E-state index in [1.807, 2.05) is 26.0 Å². The van der Waals surface area contributed by atoms with Gasteiger partial charge in [-0.3, -0.25) is 9.52 Å². The van der Waals surface area contributed by atoms with E-state index < -0.39 is 26.0 Å². The first-order valence-electron chi connectivity index (χ1n) is 11.1. The highest BCUT2D eigenvalue weighted by Gasteiger charge is 2.33. The van der Waals surface area contributed by atoms with Crippen molar-refractivity contribution in [2.24, 2.45) is 5.92 Å². The minimum atomic E-state index is -3.80. The van der Waals surface area contributed by atoms with Crippen LogP contribution >= 0.6 is 11.3 Å². The number of benzene rings is 2. The van der Waals surface area contributed by atoms with Gasteiger partial charge in [0.15, 0.2) is 0 Å². The van der Waals surface area contributed by atoms with E-state index in [1.54, 1.807) is 23.6 Å². The molecule has 0 unspecified atom stereocenters. The Balaban J connectivity index is 1.42. The van der Waals surface area contributed by atoms with Gasteiger partial charge < -0.3 is 5.32 Å². The number of nitrogens with zero attached hydrogens (tertiary/aromatic N) is 1. The second-order valence-electron chi connectivity index (χ2n) is 8.57. The second-order valence-corrected chi connectivity index (χ2v) is 13.4. The second kappa shape index (κ2) is 10.1. The van der Waals surface area contributed by atoms with Gasteiger partial charge in [-0.2, -0.15) is 4.31 Å². The highest BCUT2D eigenvalue weighted by Crippen LogP contribution is 2.27. The number of carbonyl (C=O) groups excluding carboxylic acids is 1. The molecule has 35 heavy (non-hydrogen) atoms. The number of amides is 1. The summed E-state index contributed by atoms with van der Waals surface area (Å²) in [5, 5.41) is 4.50. The SMILES string of the molecule is Cc1ccc(C)c(NS(=O)(=O)c2ccc(NC(=O)[C@@H]3CCCN(S(=O)(=O)c4cccs4)C3)cc2)c1. The van der Waals surface area contributed by atoms with E-state index in [1.165, 1.54) is 28.6 Å². The first-order valence-corrected chi connectivity index (χ1v) is 14.9. The predicted molar refractivity (Wildman–Crippen MR) is 138 cm³/mol. The fourth-order valence-corrected chi connectivity index (χ4v) is 7.71. The molecule has 3 aromatic rings. The summed E-state index contributed by atoms with van der Waals surface area (Å²) in [6.45, 7) is 4.20. The van der Waals surface area contributed by atoms with Crippen molar-refractivity contribution in [3.8, 4) is 0 Å². The monoisotopic (exact) mass is 533 g/mol. The van der Waals surface area contributed by atoms with Gasteiger partial charge >= 0.3 is 0 Å². The lowest BCUT2D eigenvalue weighted by Gasteiger charge is -2.30. The average molecular weight is 534 g/mol. The molecule has 1 amide bonds. The number of hydrogen-bond donors (Lipinski definition) is 2. The number of thiophene rings is 1. The normalized spacial score (nSPS) is 17.1. The molecule has 2 aromatic carbocycles. The van der Waals surface area contributed by atoms with Crippen LogP contribution in [0.15, 0.2) is 69.1 Å². The van der Waals surface area contributed by atoms with E-state index in [0.29, 0.717) is 30.8 Å². The van der Waals surface area contributed by atoms with Crippen LogP contribution in [0, 0.1) is 19.8 Å². The van der Waals surface area contributed by atoms with Gasteiger partial charge in [-0.15, -0.1) is 11.3 Å². The summed E-state index contributed by atoms with van der Waals surface area (Å²) >= 11 is 1.16. The van der Waals surface area contributed by atoms with Crippen LogP contribution in [0.3, 0.4) is 0 Å². The molecule has 0 spiro atoms. The van der Waals surface area contributed by atoms with Crippen LogP contribution in [0.5, 0.6) is 0 Å². The van der Waals surface area contributed by atoms with Crippen LogP contribution in [0.4, 0.5) is 11.4 Å². The van der Waals surface area contributed by atoms with E-state index in [9.17, 15) is 21.6 Å². The van der Waals surface area contributed by atoms with Crippen LogP contribution in [0.2, 0.25) is 0 Å². The van der Waals surface area contributed by atoms with Crippen molar-refractivity contribution in [1.29, 1.82) is 0 Å². The minimum Gasteiger partial charge on any atom is -0.326 e. The van der Waals surface area contributed by atoms with Crippen LogP contribution in [0.25, 0.3) is 0 Å². The summed E-state index contributed by atoms with van der Waals surface area (Å²) in [6, 6.07) is 14.7. The maximum absolute atomic E-state index is 12.9. The number of rotatable bonds is 7. The van der Waals surface area contributed by atoms with Gasteiger partial charge in [0.25, 0.3) is 20.0 Å². The first-order chi connectivity index (χ1) is 16.6. The van der Waals surface area contributed by atoms with Gasteiger partial charge in [-0.05, 0) is 79.6 Å². The summed E-state index contributed by atoms with van der Waals surface area (Å²) in [7, 11) is -7.41. The van der Waals surface area contributed by atoms with E-state index in [0.717, 1.165) is 22.5 Å². The predicted octanol–water partition coefficient (Wildman–Crippen LogP) is 4.21. The Hall–Kier alpha value is -2.73. The lowest BCUT2D eigenvalue weighted by atomic mass is 9.99. The maximum atomic E-state index is 12.9. The smallest absolute Gasteiger partial charge is 0.261 e. The van der Waals surface area contributed by atoms with Crippen molar-refractivity contribution in [1.82, 2.24) is 4.31 Å². The van der Waals surface area contributed by atoms with Crippen LogP contribution < -0.4 is 10.0 Å². The standard InChI is InChI=1S/C24H27N3O5S3/c1-17-7-8-18(2)22(15-17)26-34(29,30)21-11-9-20(10-12-21)25-24(28)19-5-3-13-27(16-19)35(31,32)23-6-4-14-33-23/h4,6-12,14-15,19,26H,3,5,13,16H2,1-2H3,(H,25,28)/t19-/m1/s1. The number of aryl methyl sites for hydroxylation is 2. The number of sulfonamides is 2. The molecule has 1 aliphatic heterocycles. The minimum absolute atomic E-state index is 0.0716. The van der Waals surface area contributed by atoms with Crippen LogP contribution in [-0.4, -0.2) is 40.1 Å². The van der Waals surface area contributed by atoms with Crippen LogP contribution in [0.1, 0.15) is 24.0 Å². The van der Waals surface area contributed by atoms with Crippen molar-refractivity contribution in [2.45, 2.75) is 35.8 Å². The molecule has 0 bridgehead atoms. The number of hydrogen-bond acceptors (Lipinski definition) is 6. The number of anilines is 2. The molecule has 0 saturated carbocycles. The zero-order valence-corrected chi connectivity index (χ0v) is 21.8. The summed E-state index contributed by atoms with van der Waals surface area (Å²) in [4.78, 5) is 12.9. The highest BCUT2D eigenvalue weighted by atomic mass is 32.2. The van der Waals surface area contributed by atoms with E-state index in [-0.39, 0.29) is 21.6 Å². The highest BCUT2D eigenvalue weighted by molar-refractivity contribution is 7.92. The van der Waals surface area contributed by atoms with Gasteiger partial charge in [0.2, 0.25) is 5.91 Å². The molecule has 1 fully saturated rings. The lowest BCUT2D eigenvalue weighted by Crippen LogP contribution is -2.43. The maximum Gasteiger partial charge on any atom is 0.261 e. The third-order valence-electron chi connectivity index (χ3n) is 5.91. The Kier molecular flexibility index (Phi) is 7.32. The first kappa shape index (κ1) is 25.4. The van der Waals surface area contributed by atoms with Crippen LogP contribution in [-0.2, 0) is 24.8 Å². The Morgan fingerprint density at radius 1 is 1.03 bits per heavy atom. The third kappa shape index (κ3) is 5.75. The Bertz CT molecular complexity index is 1420. The zero-order valence-electron chi connectivity index (χ0n) is 19.4. The van der Waals surface area contributed by atoms with Gasteiger partial charge in [0.1, 0.15) is 4.21 Å². The average Bonchev–Trinajstić information content (AvgIpc) is 3.38. The van der Waals surface area contributed by atoms with Gasteiger partial charge in [-0.1, -0.05) is 18.2 Å². The van der Waals surface area contributed by atoms with Gasteiger partial charge in [-0.25, -0.2) is 16.8 Å². The van der Waals surface area contributed by atoms with Crippen molar-refractivity contribution in [3.05, 3.63) is 71.1 Å². The topological polar surface area (TPSA) is 113 Å². The molecule has 1 atom stereocenters. The lowest BCUT2D eigenvalue weighted by molar-refractivity contribution is -0.120. The van der Waals surface area contributed by atoms with Crippen molar-refractivity contribution >= 4 is 48.7 Å². The summed E-state index contributed by atoms with van der Waals surface area (Å²) in [5.74, 6) is -0.784. The van der Waals surface area contributed by atoms with Gasteiger partial charge in [0.05, 0.1) is 16.5 Å². The Morgan fingerprint density at radius 2 is 1.77 bits per heavy atom.